The Hall–Kier alpha value is -1.25. The van der Waals surface area contributed by atoms with Crippen LogP contribution < -0.4 is 5.32 Å². The van der Waals surface area contributed by atoms with Crippen molar-refractivity contribution in [1.82, 2.24) is 5.32 Å². The lowest BCUT2D eigenvalue weighted by Gasteiger charge is -2.22. The summed E-state index contributed by atoms with van der Waals surface area (Å²) in [6.45, 7) is 4.66. The number of carbonyl (C=O) groups excluding carboxylic acids is 1. The highest BCUT2D eigenvalue weighted by Gasteiger charge is 2.32. The van der Waals surface area contributed by atoms with Crippen molar-refractivity contribution in [2.75, 3.05) is 6.26 Å². The second kappa shape index (κ2) is 6.47. The Balaban J connectivity index is 4.87. The average Bonchev–Trinajstić information content (AvgIpc) is 2.06. The molecule has 1 amide bonds. The van der Waals surface area contributed by atoms with Gasteiger partial charge < -0.3 is 10.1 Å². The largest absolute Gasteiger partial charge is 0.444 e. The molecule has 0 saturated carbocycles. The standard InChI is InChI=1S/C11H18F3NO4S/c1-10(2,3)19-9(16)15-8(7-11(12,13)14)5-6-20(4,17)18/h5-6,8H,7H2,1-4H3,(H,15,16)/b6-5-/t8-/m1/s1. The number of rotatable bonds is 4. The van der Waals surface area contributed by atoms with Crippen molar-refractivity contribution in [2.24, 2.45) is 0 Å². The number of hydrogen-bond donors (Lipinski definition) is 1. The molecular weight excluding hydrogens is 299 g/mol. The Morgan fingerprint density at radius 3 is 2.15 bits per heavy atom. The summed E-state index contributed by atoms with van der Waals surface area (Å²) in [6, 6.07) is -1.51. The van der Waals surface area contributed by atoms with Crippen LogP contribution in [0, 0.1) is 0 Å². The Morgan fingerprint density at radius 2 is 1.80 bits per heavy atom. The van der Waals surface area contributed by atoms with E-state index in [4.69, 9.17) is 4.74 Å². The predicted molar refractivity (Wildman–Crippen MR) is 67.8 cm³/mol. The van der Waals surface area contributed by atoms with Crippen molar-refractivity contribution >= 4 is 15.9 Å². The van der Waals surface area contributed by atoms with Gasteiger partial charge in [0.15, 0.2) is 9.84 Å². The van der Waals surface area contributed by atoms with E-state index >= 15 is 0 Å². The van der Waals surface area contributed by atoms with Crippen LogP contribution in [0.3, 0.4) is 0 Å². The molecule has 9 heteroatoms. The third-order valence-corrected chi connectivity index (χ3v) is 2.36. The van der Waals surface area contributed by atoms with E-state index in [9.17, 15) is 26.4 Å². The normalized spacial score (nSPS) is 15.2. The lowest BCUT2D eigenvalue weighted by molar-refractivity contribution is -0.137. The summed E-state index contributed by atoms with van der Waals surface area (Å²) in [5.74, 6) is 0. The van der Waals surface area contributed by atoms with Gasteiger partial charge in [0.05, 0.1) is 12.5 Å². The Morgan fingerprint density at radius 1 is 1.30 bits per heavy atom. The van der Waals surface area contributed by atoms with Crippen LogP contribution in [0.4, 0.5) is 18.0 Å². The summed E-state index contributed by atoms with van der Waals surface area (Å²) >= 11 is 0. The van der Waals surface area contributed by atoms with Crippen LogP contribution in [-0.2, 0) is 14.6 Å². The molecule has 0 aromatic rings. The van der Waals surface area contributed by atoms with Gasteiger partial charge in [-0.25, -0.2) is 13.2 Å². The Bertz CT molecular complexity index is 463. The van der Waals surface area contributed by atoms with Crippen molar-refractivity contribution in [3.8, 4) is 0 Å². The van der Waals surface area contributed by atoms with Gasteiger partial charge in [-0.15, -0.1) is 0 Å². The van der Waals surface area contributed by atoms with E-state index in [1.165, 1.54) is 0 Å². The molecule has 0 bridgehead atoms. The van der Waals surface area contributed by atoms with Crippen molar-refractivity contribution < 1.29 is 31.1 Å². The highest BCUT2D eigenvalue weighted by Crippen LogP contribution is 2.22. The summed E-state index contributed by atoms with van der Waals surface area (Å²) < 4.78 is 63.6. The minimum Gasteiger partial charge on any atom is -0.444 e. The van der Waals surface area contributed by atoms with Crippen LogP contribution in [-0.4, -0.2) is 38.6 Å². The molecule has 1 atom stereocenters. The van der Waals surface area contributed by atoms with Crippen LogP contribution in [0.2, 0.25) is 0 Å². The van der Waals surface area contributed by atoms with E-state index in [1.807, 2.05) is 5.32 Å². The number of sulfone groups is 1. The van der Waals surface area contributed by atoms with Gasteiger partial charge in [0.25, 0.3) is 0 Å². The zero-order valence-electron chi connectivity index (χ0n) is 11.6. The lowest BCUT2D eigenvalue weighted by atomic mass is 10.2. The molecule has 0 heterocycles. The third kappa shape index (κ3) is 11.8. The molecule has 0 aliphatic rings. The lowest BCUT2D eigenvalue weighted by Crippen LogP contribution is -2.40. The second-order valence-corrected chi connectivity index (χ2v) is 7.16. The number of alkyl halides is 3. The predicted octanol–water partition coefficient (Wildman–Crippen LogP) is 2.39. The molecule has 0 rings (SSSR count). The van der Waals surface area contributed by atoms with Crippen molar-refractivity contribution in [1.29, 1.82) is 0 Å². The number of hydrogen-bond acceptors (Lipinski definition) is 4. The highest BCUT2D eigenvalue weighted by atomic mass is 32.2. The quantitative estimate of drug-likeness (QED) is 0.864. The maximum absolute atomic E-state index is 12.3. The molecule has 1 N–H and O–H groups in total. The van der Waals surface area contributed by atoms with Crippen LogP contribution in [0.1, 0.15) is 27.2 Å². The van der Waals surface area contributed by atoms with Crippen LogP contribution >= 0.6 is 0 Å². The number of carbonyl (C=O) groups is 1. The monoisotopic (exact) mass is 317 g/mol. The van der Waals surface area contributed by atoms with E-state index in [1.54, 1.807) is 20.8 Å². The molecule has 0 aliphatic heterocycles. The Labute approximate surface area is 116 Å². The van der Waals surface area contributed by atoms with Crippen LogP contribution in [0.5, 0.6) is 0 Å². The molecular formula is C11H18F3NO4S. The Kier molecular flexibility index (Phi) is 6.06. The van der Waals surface area contributed by atoms with E-state index in [-0.39, 0.29) is 0 Å². The molecule has 0 radical (unpaired) electrons. The molecule has 0 unspecified atom stereocenters. The molecule has 118 valence electrons. The van der Waals surface area contributed by atoms with Gasteiger partial charge in [-0.2, -0.15) is 13.2 Å². The fourth-order valence-corrected chi connectivity index (χ4v) is 1.59. The molecule has 0 aromatic heterocycles. The molecule has 0 aromatic carbocycles. The minimum absolute atomic E-state index is 0.612. The molecule has 0 fully saturated rings. The van der Waals surface area contributed by atoms with Crippen molar-refractivity contribution in [3.63, 3.8) is 0 Å². The SMILES string of the molecule is CC(C)(C)OC(=O)N[C@H](/C=C\S(C)(=O)=O)CC(F)(F)F. The molecule has 5 nitrogen and oxygen atoms in total. The number of ether oxygens (including phenoxy) is 1. The fourth-order valence-electron chi connectivity index (χ4n) is 1.11. The first-order valence-corrected chi connectivity index (χ1v) is 7.58. The third-order valence-electron chi connectivity index (χ3n) is 1.71. The van der Waals surface area contributed by atoms with Gasteiger partial charge in [0, 0.05) is 11.7 Å². The van der Waals surface area contributed by atoms with Crippen molar-refractivity contribution in [3.05, 3.63) is 11.5 Å². The first-order valence-electron chi connectivity index (χ1n) is 5.62. The van der Waals surface area contributed by atoms with E-state index < -0.39 is 40.2 Å². The zero-order valence-corrected chi connectivity index (χ0v) is 12.4. The molecule has 0 spiro atoms. The number of alkyl carbamates (subject to hydrolysis) is 1. The highest BCUT2D eigenvalue weighted by molar-refractivity contribution is 7.93. The second-order valence-electron chi connectivity index (χ2n) is 5.23. The van der Waals surface area contributed by atoms with E-state index in [0.717, 1.165) is 12.3 Å². The van der Waals surface area contributed by atoms with Crippen LogP contribution in [0.25, 0.3) is 0 Å². The van der Waals surface area contributed by atoms with Crippen molar-refractivity contribution in [2.45, 2.75) is 45.0 Å². The molecule has 0 saturated heterocycles. The number of nitrogens with one attached hydrogen (secondary N) is 1. The smallest absolute Gasteiger partial charge is 0.408 e. The number of halogens is 3. The fraction of sp³-hybridized carbons (Fsp3) is 0.727. The van der Waals surface area contributed by atoms with E-state index in [2.05, 4.69) is 0 Å². The van der Waals surface area contributed by atoms with Gasteiger partial charge in [0.2, 0.25) is 0 Å². The zero-order chi connectivity index (χ0) is 16.2. The van der Waals surface area contributed by atoms with Gasteiger partial charge >= 0.3 is 12.3 Å². The topological polar surface area (TPSA) is 72.5 Å². The maximum Gasteiger partial charge on any atom is 0.408 e. The summed E-state index contributed by atoms with van der Waals surface area (Å²) in [5, 5.41) is 2.58. The van der Waals surface area contributed by atoms with Crippen LogP contribution in [0.15, 0.2) is 11.5 Å². The van der Waals surface area contributed by atoms with E-state index in [0.29, 0.717) is 5.41 Å². The van der Waals surface area contributed by atoms with Gasteiger partial charge in [0.1, 0.15) is 5.60 Å². The molecule has 20 heavy (non-hydrogen) atoms. The molecule has 0 aliphatic carbocycles. The van der Waals surface area contributed by atoms with Gasteiger partial charge in [-0.3, -0.25) is 0 Å². The minimum atomic E-state index is -4.55. The van der Waals surface area contributed by atoms with Gasteiger partial charge in [-0.1, -0.05) is 6.08 Å². The summed E-state index contributed by atoms with van der Waals surface area (Å²) in [5.41, 5.74) is -0.868. The summed E-state index contributed by atoms with van der Waals surface area (Å²) in [6.07, 6.45) is -5.39. The average molecular weight is 317 g/mol. The van der Waals surface area contributed by atoms with Gasteiger partial charge in [-0.05, 0) is 20.8 Å². The maximum atomic E-state index is 12.3. The number of amides is 1. The summed E-state index contributed by atoms with van der Waals surface area (Å²) in [4.78, 5) is 11.4. The first kappa shape index (κ1) is 18.8. The summed E-state index contributed by atoms with van der Waals surface area (Å²) in [7, 11) is -3.59. The first-order chi connectivity index (χ1) is 8.68.